The second-order valence-electron chi connectivity index (χ2n) is 4.49. The number of halogens is 1. The summed E-state index contributed by atoms with van der Waals surface area (Å²) in [5, 5.41) is 12.2. The fourth-order valence-electron chi connectivity index (χ4n) is 1.90. The van der Waals surface area contributed by atoms with Gasteiger partial charge in [0.2, 0.25) is 0 Å². The predicted octanol–water partition coefficient (Wildman–Crippen LogP) is 2.41. The summed E-state index contributed by atoms with van der Waals surface area (Å²) in [6.07, 6.45) is 2.02. The molecular weight excluding hydrogens is 298 g/mol. The lowest BCUT2D eigenvalue weighted by molar-refractivity contribution is -0.140. The van der Waals surface area contributed by atoms with Crippen molar-refractivity contribution in [3.63, 3.8) is 0 Å². The highest BCUT2D eigenvalue weighted by Gasteiger charge is 2.35. The fraction of sp³-hybridized carbons (Fsp3) is 0.462. The van der Waals surface area contributed by atoms with Gasteiger partial charge in [0.25, 0.3) is 0 Å². The van der Waals surface area contributed by atoms with E-state index in [2.05, 4.69) is 21.2 Å². The highest BCUT2D eigenvalue weighted by atomic mass is 79.9. The lowest BCUT2D eigenvalue weighted by atomic mass is 10.1. The standard InChI is InChI=1S/C13H16BrNO3/c1-18-10-5-4-9(11(14)6-10)7-15-12(13(16)17)8-2-3-8/h4-6,8,12,15H,2-3,7H2,1H3,(H,16,17). The minimum Gasteiger partial charge on any atom is -0.497 e. The van der Waals surface area contributed by atoms with Crippen molar-refractivity contribution in [2.75, 3.05) is 7.11 Å². The normalized spacial score (nSPS) is 16.3. The number of rotatable bonds is 6. The summed E-state index contributed by atoms with van der Waals surface area (Å²) < 4.78 is 6.04. The molecule has 0 saturated heterocycles. The van der Waals surface area contributed by atoms with Gasteiger partial charge in [-0.3, -0.25) is 4.79 Å². The molecule has 0 aliphatic heterocycles. The summed E-state index contributed by atoms with van der Waals surface area (Å²) in [6.45, 7) is 0.540. The summed E-state index contributed by atoms with van der Waals surface area (Å²) in [7, 11) is 1.62. The molecule has 0 spiro atoms. The van der Waals surface area contributed by atoms with Gasteiger partial charge in [0.15, 0.2) is 0 Å². The number of nitrogens with one attached hydrogen (secondary N) is 1. The van der Waals surface area contributed by atoms with Gasteiger partial charge in [0.1, 0.15) is 11.8 Å². The molecule has 1 aliphatic rings. The van der Waals surface area contributed by atoms with E-state index in [1.54, 1.807) is 7.11 Å². The summed E-state index contributed by atoms with van der Waals surface area (Å²) in [5.41, 5.74) is 1.03. The molecule has 0 amide bonds. The lowest BCUT2D eigenvalue weighted by Crippen LogP contribution is -2.38. The fourth-order valence-corrected chi connectivity index (χ4v) is 2.40. The molecule has 1 saturated carbocycles. The molecule has 1 aliphatic carbocycles. The number of benzene rings is 1. The first-order valence-electron chi connectivity index (χ1n) is 5.90. The van der Waals surface area contributed by atoms with Crippen molar-refractivity contribution >= 4 is 21.9 Å². The van der Waals surface area contributed by atoms with Gasteiger partial charge in [-0.15, -0.1) is 0 Å². The van der Waals surface area contributed by atoms with Gasteiger partial charge in [-0.25, -0.2) is 0 Å². The quantitative estimate of drug-likeness (QED) is 0.846. The number of carboxylic acids is 1. The smallest absolute Gasteiger partial charge is 0.320 e. The maximum Gasteiger partial charge on any atom is 0.320 e. The van der Waals surface area contributed by atoms with E-state index in [0.717, 1.165) is 28.6 Å². The van der Waals surface area contributed by atoms with E-state index in [-0.39, 0.29) is 0 Å². The Morgan fingerprint density at radius 3 is 2.83 bits per heavy atom. The SMILES string of the molecule is COc1ccc(CNC(C(=O)O)C2CC2)c(Br)c1. The molecule has 0 heterocycles. The van der Waals surface area contributed by atoms with Gasteiger partial charge in [-0.2, -0.15) is 0 Å². The third-order valence-electron chi connectivity index (χ3n) is 3.13. The Labute approximate surface area is 114 Å². The number of hydrogen-bond acceptors (Lipinski definition) is 3. The van der Waals surface area contributed by atoms with E-state index in [1.165, 1.54) is 0 Å². The van der Waals surface area contributed by atoms with Crippen LogP contribution >= 0.6 is 15.9 Å². The Kier molecular flexibility index (Phi) is 4.24. The summed E-state index contributed by atoms with van der Waals surface area (Å²) in [5.74, 6) is 0.310. The van der Waals surface area contributed by atoms with Crippen LogP contribution in [0.4, 0.5) is 0 Å². The first-order chi connectivity index (χ1) is 8.61. The van der Waals surface area contributed by atoms with Crippen LogP contribution in [0.5, 0.6) is 5.75 Å². The number of methoxy groups -OCH3 is 1. The zero-order valence-electron chi connectivity index (χ0n) is 10.1. The van der Waals surface area contributed by atoms with Crippen molar-refractivity contribution in [3.05, 3.63) is 28.2 Å². The summed E-state index contributed by atoms with van der Waals surface area (Å²) in [4.78, 5) is 11.1. The molecule has 1 aromatic rings. The second kappa shape index (κ2) is 5.71. The first-order valence-corrected chi connectivity index (χ1v) is 6.69. The van der Waals surface area contributed by atoms with Crippen molar-refractivity contribution in [3.8, 4) is 5.75 Å². The molecule has 1 atom stereocenters. The molecule has 18 heavy (non-hydrogen) atoms. The third-order valence-corrected chi connectivity index (χ3v) is 3.87. The van der Waals surface area contributed by atoms with Gasteiger partial charge in [-0.05, 0) is 36.5 Å². The topological polar surface area (TPSA) is 58.6 Å². The zero-order chi connectivity index (χ0) is 13.1. The Bertz CT molecular complexity index is 446. The summed E-state index contributed by atoms with van der Waals surface area (Å²) in [6, 6.07) is 5.25. The monoisotopic (exact) mass is 313 g/mol. The lowest BCUT2D eigenvalue weighted by Gasteiger charge is -2.14. The second-order valence-corrected chi connectivity index (χ2v) is 5.35. The number of ether oxygens (including phenoxy) is 1. The van der Waals surface area contributed by atoms with Gasteiger partial charge in [0, 0.05) is 11.0 Å². The van der Waals surface area contributed by atoms with Gasteiger partial charge in [-0.1, -0.05) is 22.0 Å². The molecule has 0 radical (unpaired) electrons. The van der Waals surface area contributed by atoms with Crippen LogP contribution in [0.3, 0.4) is 0 Å². The van der Waals surface area contributed by atoms with E-state index in [4.69, 9.17) is 9.84 Å². The average Bonchev–Trinajstić information content (AvgIpc) is 3.15. The van der Waals surface area contributed by atoms with E-state index >= 15 is 0 Å². The Balaban J connectivity index is 1.98. The van der Waals surface area contributed by atoms with Crippen LogP contribution in [0.1, 0.15) is 18.4 Å². The minimum atomic E-state index is -0.762. The van der Waals surface area contributed by atoms with E-state index in [0.29, 0.717) is 12.5 Å². The van der Waals surface area contributed by atoms with Crippen molar-refractivity contribution in [1.29, 1.82) is 0 Å². The van der Waals surface area contributed by atoms with Gasteiger partial charge in [0.05, 0.1) is 7.11 Å². The van der Waals surface area contributed by atoms with Crippen molar-refractivity contribution < 1.29 is 14.6 Å². The van der Waals surface area contributed by atoms with Crippen LogP contribution in [0.25, 0.3) is 0 Å². The Morgan fingerprint density at radius 1 is 1.61 bits per heavy atom. The number of carboxylic acid groups (broad SMARTS) is 1. The molecule has 4 nitrogen and oxygen atoms in total. The molecule has 2 rings (SSSR count). The molecule has 2 N–H and O–H groups in total. The number of carbonyl (C=O) groups is 1. The molecule has 98 valence electrons. The maximum absolute atomic E-state index is 11.1. The van der Waals surface area contributed by atoms with Gasteiger partial charge < -0.3 is 15.2 Å². The number of hydrogen-bond donors (Lipinski definition) is 2. The van der Waals surface area contributed by atoms with Crippen molar-refractivity contribution in [1.82, 2.24) is 5.32 Å². The molecule has 0 aromatic heterocycles. The minimum absolute atomic E-state index is 0.291. The van der Waals surface area contributed by atoms with E-state index in [9.17, 15) is 4.79 Å². The number of aliphatic carboxylic acids is 1. The third kappa shape index (κ3) is 3.23. The average molecular weight is 314 g/mol. The largest absolute Gasteiger partial charge is 0.497 e. The van der Waals surface area contributed by atoms with E-state index in [1.807, 2.05) is 18.2 Å². The van der Waals surface area contributed by atoms with Crippen LogP contribution in [-0.4, -0.2) is 24.2 Å². The molecule has 1 aromatic carbocycles. The molecular formula is C13H16BrNO3. The zero-order valence-corrected chi connectivity index (χ0v) is 11.7. The Hall–Kier alpha value is -1.07. The first kappa shape index (κ1) is 13.4. The molecule has 5 heteroatoms. The highest BCUT2D eigenvalue weighted by molar-refractivity contribution is 9.10. The van der Waals surface area contributed by atoms with E-state index < -0.39 is 12.0 Å². The highest BCUT2D eigenvalue weighted by Crippen LogP contribution is 2.33. The van der Waals surface area contributed by atoms with Crippen LogP contribution in [0, 0.1) is 5.92 Å². The van der Waals surface area contributed by atoms with Crippen molar-refractivity contribution in [2.45, 2.75) is 25.4 Å². The van der Waals surface area contributed by atoms with Gasteiger partial charge >= 0.3 is 5.97 Å². The van der Waals surface area contributed by atoms with Crippen LogP contribution in [0.15, 0.2) is 22.7 Å². The molecule has 1 unspecified atom stereocenters. The molecule has 0 bridgehead atoms. The van der Waals surface area contributed by atoms with Crippen molar-refractivity contribution in [2.24, 2.45) is 5.92 Å². The Morgan fingerprint density at radius 2 is 2.33 bits per heavy atom. The molecule has 1 fully saturated rings. The predicted molar refractivity (Wildman–Crippen MR) is 71.7 cm³/mol. The van der Waals surface area contributed by atoms with Crippen LogP contribution in [0.2, 0.25) is 0 Å². The van der Waals surface area contributed by atoms with Crippen LogP contribution in [-0.2, 0) is 11.3 Å². The summed E-state index contributed by atoms with van der Waals surface area (Å²) >= 11 is 3.46. The maximum atomic E-state index is 11.1. The van der Waals surface area contributed by atoms with Crippen LogP contribution < -0.4 is 10.1 Å².